The molecule has 0 unspecified atom stereocenters. The van der Waals surface area contributed by atoms with Crippen LogP contribution in [0.25, 0.3) is 6.08 Å². The molecule has 0 aliphatic carbocycles. The number of carbonyl (C=O) groups is 2. The van der Waals surface area contributed by atoms with Crippen molar-refractivity contribution in [1.29, 1.82) is 0 Å². The van der Waals surface area contributed by atoms with Gasteiger partial charge in [0.05, 0.1) is 5.69 Å². The van der Waals surface area contributed by atoms with E-state index in [4.69, 9.17) is 12.2 Å². The Morgan fingerprint density at radius 3 is 2.50 bits per heavy atom. The third kappa shape index (κ3) is 3.02. The number of rotatable bonds is 2. The first-order chi connectivity index (χ1) is 11.5. The first-order valence-corrected chi connectivity index (χ1v) is 7.32. The Kier molecular flexibility index (Phi) is 4.09. The number of amides is 2. The zero-order chi connectivity index (χ0) is 17.3. The summed E-state index contributed by atoms with van der Waals surface area (Å²) in [6.45, 7) is 0. The van der Waals surface area contributed by atoms with E-state index in [1.165, 1.54) is 42.5 Å². The molecule has 7 heteroatoms. The van der Waals surface area contributed by atoms with E-state index >= 15 is 0 Å². The molecule has 0 radical (unpaired) electrons. The van der Waals surface area contributed by atoms with Crippen molar-refractivity contribution in [2.75, 3.05) is 4.90 Å². The maximum absolute atomic E-state index is 13.1. The predicted octanol–water partition coefficient (Wildman–Crippen LogP) is 2.36. The summed E-state index contributed by atoms with van der Waals surface area (Å²) in [6.07, 6.45) is 1.36. The Bertz CT molecular complexity index is 878. The lowest BCUT2D eigenvalue weighted by Gasteiger charge is -2.28. The molecule has 1 aliphatic rings. The number of hydrogen-bond acceptors (Lipinski definition) is 4. The van der Waals surface area contributed by atoms with E-state index in [2.05, 4.69) is 5.32 Å². The van der Waals surface area contributed by atoms with Gasteiger partial charge in [-0.05, 0) is 60.3 Å². The molecule has 2 amide bonds. The SMILES string of the molecule is O=C1NC(=S)N(c2ccc(F)cc2)C(=O)/C1=C\c1cccc(O)c1. The van der Waals surface area contributed by atoms with Gasteiger partial charge >= 0.3 is 0 Å². The third-order valence-electron chi connectivity index (χ3n) is 3.37. The van der Waals surface area contributed by atoms with Gasteiger partial charge < -0.3 is 5.11 Å². The number of carbonyl (C=O) groups excluding carboxylic acids is 2. The molecular formula is C17H11FN2O3S. The normalized spacial score (nSPS) is 16.5. The lowest BCUT2D eigenvalue weighted by atomic mass is 10.1. The highest BCUT2D eigenvalue weighted by Crippen LogP contribution is 2.23. The molecule has 24 heavy (non-hydrogen) atoms. The molecule has 3 rings (SSSR count). The molecule has 120 valence electrons. The van der Waals surface area contributed by atoms with E-state index in [9.17, 15) is 19.1 Å². The van der Waals surface area contributed by atoms with Crippen molar-refractivity contribution in [2.24, 2.45) is 0 Å². The summed E-state index contributed by atoms with van der Waals surface area (Å²) in [5.41, 5.74) is 0.687. The highest BCUT2D eigenvalue weighted by atomic mass is 32.1. The Morgan fingerprint density at radius 2 is 1.83 bits per heavy atom. The quantitative estimate of drug-likeness (QED) is 0.499. The van der Waals surface area contributed by atoms with Crippen LogP contribution in [-0.4, -0.2) is 22.0 Å². The maximum atomic E-state index is 13.1. The number of anilines is 1. The van der Waals surface area contributed by atoms with Gasteiger partial charge in [0.25, 0.3) is 11.8 Å². The largest absolute Gasteiger partial charge is 0.508 e. The Balaban J connectivity index is 2.01. The first kappa shape index (κ1) is 15.8. The molecule has 5 nitrogen and oxygen atoms in total. The standard InChI is InChI=1S/C17H11FN2O3S/c18-11-4-6-12(7-5-11)20-16(23)14(15(22)19-17(20)24)9-10-2-1-3-13(21)8-10/h1-9,21H,(H,19,22,24)/b14-9-. The van der Waals surface area contributed by atoms with E-state index in [1.807, 2.05) is 0 Å². The maximum Gasteiger partial charge on any atom is 0.270 e. The fraction of sp³-hybridized carbons (Fsp3) is 0. The predicted molar refractivity (Wildman–Crippen MR) is 90.7 cm³/mol. The van der Waals surface area contributed by atoms with Gasteiger partial charge in [-0.25, -0.2) is 4.39 Å². The number of thiocarbonyl (C=S) groups is 1. The Labute approximate surface area is 142 Å². The summed E-state index contributed by atoms with van der Waals surface area (Å²) < 4.78 is 13.1. The van der Waals surface area contributed by atoms with Crippen molar-refractivity contribution in [1.82, 2.24) is 5.32 Å². The number of nitrogens with one attached hydrogen (secondary N) is 1. The fourth-order valence-electron chi connectivity index (χ4n) is 2.26. The smallest absolute Gasteiger partial charge is 0.270 e. The number of aromatic hydroxyl groups is 1. The van der Waals surface area contributed by atoms with Gasteiger partial charge in [-0.15, -0.1) is 0 Å². The molecule has 2 aromatic rings. The summed E-state index contributed by atoms with van der Waals surface area (Å²) in [4.78, 5) is 25.9. The molecule has 2 N–H and O–H groups in total. The summed E-state index contributed by atoms with van der Waals surface area (Å²) in [5.74, 6) is -1.70. The van der Waals surface area contributed by atoms with E-state index in [1.54, 1.807) is 12.1 Å². The van der Waals surface area contributed by atoms with Crippen LogP contribution in [0.5, 0.6) is 5.75 Å². The van der Waals surface area contributed by atoms with Crippen LogP contribution in [0, 0.1) is 5.82 Å². The van der Waals surface area contributed by atoms with Crippen LogP contribution in [0.1, 0.15) is 5.56 Å². The van der Waals surface area contributed by atoms with E-state index in [0.717, 1.165) is 4.90 Å². The highest BCUT2D eigenvalue weighted by molar-refractivity contribution is 7.80. The lowest BCUT2D eigenvalue weighted by molar-refractivity contribution is -0.122. The number of benzene rings is 2. The van der Waals surface area contributed by atoms with Crippen molar-refractivity contribution in [3.05, 3.63) is 65.5 Å². The van der Waals surface area contributed by atoms with Crippen LogP contribution in [0.15, 0.2) is 54.1 Å². The average Bonchev–Trinajstić information content (AvgIpc) is 2.53. The first-order valence-electron chi connectivity index (χ1n) is 6.92. The molecule has 2 aromatic carbocycles. The molecule has 0 spiro atoms. The number of hydrogen-bond donors (Lipinski definition) is 2. The van der Waals surface area contributed by atoms with Gasteiger partial charge in [-0.2, -0.15) is 0 Å². The molecular weight excluding hydrogens is 331 g/mol. The van der Waals surface area contributed by atoms with Crippen LogP contribution in [0.2, 0.25) is 0 Å². The highest BCUT2D eigenvalue weighted by Gasteiger charge is 2.34. The number of phenolic OH excluding ortho intramolecular Hbond substituents is 1. The Morgan fingerprint density at radius 1 is 1.12 bits per heavy atom. The zero-order valence-electron chi connectivity index (χ0n) is 12.2. The summed E-state index contributed by atoms with van der Waals surface area (Å²) in [7, 11) is 0. The van der Waals surface area contributed by atoms with Crippen LogP contribution < -0.4 is 10.2 Å². The average molecular weight is 342 g/mol. The molecule has 0 bridgehead atoms. The molecule has 1 fully saturated rings. The minimum atomic E-state index is -0.633. The van der Waals surface area contributed by atoms with Crippen molar-refractivity contribution >= 4 is 40.9 Å². The second-order valence-corrected chi connectivity index (χ2v) is 5.42. The van der Waals surface area contributed by atoms with Gasteiger partial charge in [-0.3, -0.25) is 19.8 Å². The summed E-state index contributed by atoms with van der Waals surface area (Å²) in [6, 6.07) is 11.3. The summed E-state index contributed by atoms with van der Waals surface area (Å²) in [5, 5.41) is 11.8. The molecule has 0 saturated carbocycles. The van der Waals surface area contributed by atoms with E-state index in [0.29, 0.717) is 11.3 Å². The van der Waals surface area contributed by atoms with E-state index < -0.39 is 17.6 Å². The number of halogens is 1. The van der Waals surface area contributed by atoms with Gasteiger partial charge in [0.15, 0.2) is 5.11 Å². The fourth-order valence-corrected chi connectivity index (χ4v) is 2.54. The summed E-state index contributed by atoms with van der Waals surface area (Å²) >= 11 is 5.05. The van der Waals surface area contributed by atoms with Crippen LogP contribution in [-0.2, 0) is 9.59 Å². The molecule has 1 heterocycles. The number of nitrogens with zero attached hydrogens (tertiary/aromatic N) is 1. The minimum Gasteiger partial charge on any atom is -0.508 e. The topological polar surface area (TPSA) is 69.6 Å². The van der Waals surface area contributed by atoms with Crippen molar-refractivity contribution in [2.45, 2.75) is 0 Å². The lowest BCUT2D eigenvalue weighted by Crippen LogP contribution is -2.54. The van der Waals surface area contributed by atoms with Gasteiger partial charge in [0.2, 0.25) is 0 Å². The third-order valence-corrected chi connectivity index (χ3v) is 3.65. The minimum absolute atomic E-state index is 0.0129. The Hall–Kier alpha value is -3.06. The van der Waals surface area contributed by atoms with Crippen molar-refractivity contribution in [3.63, 3.8) is 0 Å². The number of phenols is 1. The van der Waals surface area contributed by atoms with Crippen molar-refractivity contribution < 1.29 is 19.1 Å². The molecule has 0 atom stereocenters. The zero-order valence-corrected chi connectivity index (χ0v) is 13.0. The van der Waals surface area contributed by atoms with Gasteiger partial charge in [0.1, 0.15) is 17.1 Å². The van der Waals surface area contributed by atoms with Crippen LogP contribution in [0.4, 0.5) is 10.1 Å². The second kappa shape index (κ2) is 6.21. The van der Waals surface area contributed by atoms with Gasteiger partial charge in [-0.1, -0.05) is 12.1 Å². The van der Waals surface area contributed by atoms with Crippen LogP contribution >= 0.6 is 12.2 Å². The van der Waals surface area contributed by atoms with Crippen molar-refractivity contribution in [3.8, 4) is 5.75 Å². The second-order valence-electron chi connectivity index (χ2n) is 5.03. The molecule has 1 saturated heterocycles. The van der Waals surface area contributed by atoms with Gasteiger partial charge in [0, 0.05) is 0 Å². The van der Waals surface area contributed by atoms with E-state index in [-0.39, 0.29) is 16.4 Å². The van der Waals surface area contributed by atoms with Crippen LogP contribution in [0.3, 0.4) is 0 Å². The molecule has 0 aromatic heterocycles. The monoisotopic (exact) mass is 342 g/mol. The molecule has 1 aliphatic heterocycles.